The van der Waals surface area contributed by atoms with Crippen LogP contribution in [0.4, 0.5) is 0 Å². The molecule has 0 N–H and O–H groups in total. The summed E-state index contributed by atoms with van der Waals surface area (Å²) in [5.74, 6) is 0.741. The van der Waals surface area contributed by atoms with Crippen LogP contribution in [-0.2, 0) is 19.5 Å². The molecule has 0 aliphatic carbocycles. The number of ether oxygens (including phenoxy) is 2. The summed E-state index contributed by atoms with van der Waals surface area (Å²) in [5, 5.41) is 0. The highest BCUT2D eigenvalue weighted by atomic mass is 32.2. The predicted molar refractivity (Wildman–Crippen MR) is 118 cm³/mol. The fourth-order valence-corrected chi connectivity index (χ4v) is 4.84. The fourth-order valence-electron chi connectivity index (χ4n) is 3.63. The second kappa shape index (κ2) is 10.2. The molecule has 0 spiro atoms. The molecule has 0 saturated heterocycles. The van der Waals surface area contributed by atoms with Gasteiger partial charge in [0, 0.05) is 26.6 Å². The molecule has 6 nitrogen and oxygen atoms in total. The van der Waals surface area contributed by atoms with Crippen LogP contribution in [0.3, 0.4) is 0 Å². The summed E-state index contributed by atoms with van der Waals surface area (Å²) in [6.45, 7) is 2.94. The smallest absolute Gasteiger partial charge is 0.242 e. The van der Waals surface area contributed by atoms with E-state index in [9.17, 15) is 8.42 Å². The van der Waals surface area contributed by atoms with E-state index in [1.54, 1.807) is 44.5 Å². The minimum absolute atomic E-state index is 0.0477. The summed E-state index contributed by atoms with van der Waals surface area (Å²) in [7, 11) is -0.226. The zero-order valence-corrected chi connectivity index (χ0v) is 18.6. The molecule has 0 unspecified atom stereocenters. The Morgan fingerprint density at radius 1 is 1.10 bits per heavy atom. The topological polar surface area (TPSA) is 68.2 Å². The Morgan fingerprint density at radius 2 is 1.73 bits per heavy atom. The third-order valence-electron chi connectivity index (χ3n) is 5.44. The Kier molecular flexibility index (Phi) is 7.64. The van der Waals surface area contributed by atoms with Gasteiger partial charge in [-0.15, -0.1) is 0 Å². The first-order valence-electron chi connectivity index (χ1n) is 10.3. The highest BCUT2D eigenvalue weighted by Gasteiger charge is 2.35. The number of sulfonamides is 1. The van der Waals surface area contributed by atoms with Crippen molar-refractivity contribution in [3.63, 3.8) is 0 Å². The lowest BCUT2D eigenvalue weighted by Gasteiger charge is -2.22. The summed E-state index contributed by atoms with van der Waals surface area (Å²) in [5.41, 5.74) is 1.07. The van der Waals surface area contributed by atoms with Gasteiger partial charge in [-0.05, 0) is 30.5 Å². The lowest BCUT2D eigenvalue weighted by atomic mass is 10.0. The van der Waals surface area contributed by atoms with E-state index in [0.717, 1.165) is 12.0 Å². The van der Waals surface area contributed by atoms with Crippen molar-refractivity contribution in [2.45, 2.75) is 36.8 Å². The molecule has 0 radical (unpaired) electrons. The first kappa shape index (κ1) is 22.5. The highest BCUT2D eigenvalue weighted by Crippen LogP contribution is 2.33. The standard InChI is InChI=1S/C23H30N2O4S/c1-4-18(15-16-25(2)30(26,27)20-13-9-6-10-14-20)23-24-21(17-28-3)22(29-23)19-11-7-5-8-12-19/h5-14,18,21-22H,4,15-17H2,1-3H3/t18-,21+,22+/m1/s1. The van der Waals surface area contributed by atoms with Crippen molar-refractivity contribution in [2.24, 2.45) is 10.9 Å². The van der Waals surface area contributed by atoms with E-state index in [2.05, 4.69) is 6.92 Å². The van der Waals surface area contributed by atoms with Gasteiger partial charge in [0.15, 0.2) is 5.90 Å². The minimum atomic E-state index is -3.51. The van der Waals surface area contributed by atoms with Crippen LogP contribution in [0.25, 0.3) is 0 Å². The van der Waals surface area contributed by atoms with Crippen molar-refractivity contribution in [3.05, 3.63) is 66.2 Å². The van der Waals surface area contributed by atoms with Gasteiger partial charge in [0.05, 0.1) is 11.5 Å². The number of hydrogen-bond donors (Lipinski definition) is 0. The zero-order valence-electron chi connectivity index (χ0n) is 17.8. The number of hydrogen-bond acceptors (Lipinski definition) is 5. The van der Waals surface area contributed by atoms with E-state index in [1.165, 1.54) is 4.31 Å². The van der Waals surface area contributed by atoms with Gasteiger partial charge in [-0.2, -0.15) is 0 Å². The van der Waals surface area contributed by atoms with Crippen molar-refractivity contribution < 1.29 is 17.9 Å². The second-order valence-corrected chi connectivity index (χ2v) is 9.52. The molecule has 2 aromatic rings. The third-order valence-corrected chi connectivity index (χ3v) is 7.31. The van der Waals surface area contributed by atoms with E-state index < -0.39 is 10.0 Å². The van der Waals surface area contributed by atoms with Gasteiger partial charge < -0.3 is 9.47 Å². The third kappa shape index (κ3) is 5.09. The molecule has 0 bridgehead atoms. The van der Waals surface area contributed by atoms with Crippen molar-refractivity contribution in [3.8, 4) is 0 Å². The Hall–Kier alpha value is -2.22. The Morgan fingerprint density at radius 3 is 2.33 bits per heavy atom. The molecule has 162 valence electrons. The molecule has 2 aromatic carbocycles. The molecule has 1 heterocycles. The molecule has 7 heteroatoms. The van der Waals surface area contributed by atoms with Crippen molar-refractivity contribution >= 4 is 15.9 Å². The van der Waals surface area contributed by atoms with Gasteiger partial charge in [0.1, 0.15) is 12.1 Å². The Balaban J connectivity index is 1.69. The number of aliphatic imine (C=N–C) groups is 1. The van der Waals surface area contributed by atoms with Crippen LogP contribution in [0.2, 0.25) is 0 Å². The van der Waals surface area contributed by atoms with Crippen LogP contribution in [-0.4, -0.2) is 52.0 Å². The number of benzene rings is 2. The van der Waals surface area contributed by atoms with Crippen LogP contribution in [0.5, 0.6) is 0 Å². The van der Waals surface area contributed by atoms with Crippen LogP contribution >= 0.6 is 0 Å². The summed E-state index contributed by atoms with van der Waals surface area (Å²) in [4.78, 5) is 5.11. The Bertz CT molecular complexity index is 932. The first-order chi connectivity index (χ1) is 14.5. The van der Waals surface area contributed by atoms with Crippen LogP contribution in [0.1, 0.15) is 31.4 Å². The highest BCUT2D eigenvalue weighted by molar-refractivity contribution is 7.89. The van der Waals surface area contributed by atoms with Crippen molar-refractivity contribution in [1.29, 1.82) is 0 Å². The molecule has 0 saturated carbocycles. The van der Waals surface area contributed by atoms with Gasteiger partial charge in [-0.3, -0.25) is 0 Å². The molecule has 0 fully saturated rings. The van der Waals surface area contributed by atoms with Crippen LogP contribution < -0.4 is 0 Å². The van der Waals surface area contributed by atoms with E-state index in [1.807, 2.05) is 30.3 Å². The maximum atomic E-state index is 12.8. The monoisotopic (exact) mass is 430 g/mol. The van der Waals surface area contributed by atoms with Crippen molar-refractivity contribution in [1.82, 2.24) is 4.31 Å². The summed E-state index contributed by atoms with van der Waals surface area (Å²) in [6, 6.07) is 18.4. The lowest BCUT2D eigenvalue weighted by Crippen LogP contribution is -2.30. The molecule has 3 atom stereocenters. The maximum Gasteiger partial charge on any atom is 0.242 e. The molecule has 3 rings (SSSR count). The average molecular weight is 431 g/mol. The molecule has 30 heavy (non-hydrogen) atoms. The summed E-state index contributed by atoms with van der Waals surface area (Å²) < 4.78 is 38.6. The number of rotatable bonds is 10. The van der Waals surface area contributed by atoms with Gasteiger partial charge >= 0.3 is 0 Å². The lowest BCUT2D eigenvalue weighted by molar-refractivity contribution is 0.116. The average Bonchev–Trinajstić information content (AvgIpc) is 3.19. The molecular formula is C23H30N2O4S. The zero-order chi connectivity index (χ0) is 21.6. The molecule has 1 aliphatic rings. The van der Waals surface area contributed by atoms with Gasteiger partial charge in [0.2, 0.25) is 10.0 Å². The minimum Gasteiger partial charge on any atom is -0.470 e. The van der Waals surface area contributed by atoms with E-state index in [-0.39, 0.29) is 18.1 Å². The van der Waals surface area contributed by atoms with Gasteiger partial charge in [-0.25, -0.2) is 17.7 Å². The molecule has 0 amide bonds. The molecule has 0 aromatic heterocycles. The van der Waals surface area contributed by atoms with Crippen molar-refractivity contribution in [2.75, 3.05) is 27.3 Å². The fraction of sp³-hybridized carbons (Fsp3) is 0.435. The molecule has 1 aliphatic heterocycles. The molecular weight excluding hydrogens is 400 g/mol. The predicted octanol–water partition coefficient (Wildman–Crippen LogP) is 3.91. The number of nitrogens with zero attached hydrogens (tertiary/aromatic N) is 2. The maximum absolute atomic E-state index is 12.8. The Labute approximate surface area is 179 Å². The summed E-state index contributed by atoms with van der Waals surface area (Å²) in [6.07, 6.45) is 1.28. The largest absolute Gasteiger partial charge is 0.470 e. The summed E-state index contributed by atoms with van der Waals surface area (Å²) >= 11 is 0. The second-order valence-electron chi connectivity index (χ2n) is 7.47. The van der Waals surface area contributed by atoms with E-state index in [0.29, 0.717) is 30.4 Å². The number of methoxy groups -OCH3 is 1. The van der Waals surface area contributed by atoms with E-state index >= 15 is 0 Å². The first-order valence-corrected chi connectivity index (χ1v) is 11.7. The van der Waals surface area contributed by atoms with E-state index in [4.69, 9.17) is 14.5 Å². The van der Waals surface area contributed by atoms with Crippen LogP contribution in [0, 0.1) is 5.92 Å². The van der Waals surface area contributed by atoms with Crippen LogP contribution in [0.15, 0.2) is 70.6 Å². The van der Waals surface area contributed by atoms with Gasteiger partial charge in [-0.1, -0.05) is 55.5 Å². The normalized spacial score (nSPS) is 20.1. The van der Waals surface area contributed by atoms with Gasteiger partial charge in [0.25, 0.3) is 0 Å². The SMILES string of the molecule is CC[C@H](CCN(C)S(=O)(=O)c1ccccc1)C1=N[C@@H](COC)[C@H](c2ccccc2)O1. The quantitative estimate of drug-likeness (QED) is 0.573.